The summed E-state index contributed by atoms with van der Waals surface area (Å²) in [6.45, 7) is 4.19. The molecule has 1 N–H and O–H groups in total. The van der Waals surface area contributed by atoms with Crippen LogP contribution in [0.2, 0.25) is 0 Å². The minimum atomic E-state index is -3.69. The highest BCUT2D eigenvalue weighted by molar-refractivity contribution is 7.92. The molecule has 3 aromatic carbocycles. The Kier molecular flexibility index (Phi) is 4.17. The molecular formula is C24H23NO3S. The van der Waals surface area contributed by atoms with Crippen molar-refractivity contribution in [2.24, 2.45) is 5.92 Å². The Morgan fingerprint density at radius 3 is 2.48 bits per heavy atom. The summed E-state index contributed by atoms with van der Waals surface area (Å²) in [4.78, 5) is 0.259. The van der Waals surface area contributed by atoms with Crippen molar-refractivity contribution in [3.05, 3.63) is 71.5 Å². The third-order valence-corrected chi connectivity index (χ3v) is 7.26. The van der Waals surface area contributed by atoms with Crippen LogP contribution in [-0.4, -0.2) is 8.42 Å². The van der Waals surface area contributed by atoms with E-state index in [2.05, 4.69) is 11.6 Å². The fourth-order valence-electron chi connectivity index (χ4n) is 4.28. The minimum absolute atomic E-state index is 0.259. The lowest BCUT2D eigenvalue weighted by Crippen LogP contribution is -2.13. The van der Waals surface area contributed by atoms with Crippen LogP contribution in [0.25, 0.3) is 21.7 Å². The number of furan rings is 1. The van der Waals surface area contributed by atoms with E-state index in [1.54, 1.807) is 12.1 Å². The quantitative estimate of drug-likeness (QED) is 0.467. The highest BCUT2D eigenvalue weighted by Crippen LogP contribution is 2.40. The van der Waals surface area contributed by atoms with Gasteiger partial charge < -0.3 is 4.42 Å². The molecule has 4 aromatic rings. The predicted molar refractivity (Wildman–Crippen MR) is 117 cm³/mol. The largest absolute Gasteiger partial charge is 0.460 e. The molecule has 1 heterocycles. The molecule has 5 rings (SSSR count). The Morgan fingerprint density at radius 1 is 1.00 bits per heavy atom. The molecule has 0 unspecified atom stereocenters. The van der Waals surface area contributed by atoms with E-state index in [9.17, 15) is 8.42 Å². The van der Waals surface area contributed by atoms with E-state index in [4.69, 9.17) is 4.42 Å². The van der Waals surface area contributed by atoms with E-state index in [-0.39, 0.29) is 4.90 Å². The number of aryl methyl sites for hydroxylation is 2. The monoisotopic (exact) mass is 405 g/mol. The Bertz CT molecular complexity index is 1330. The maximum atomic E-state index is 13.0. The number of fused-ring (bicyclic) bond motifs is 5. The molecular weight excluding hydrogens is 382 g/mol. The highest BCUT2D eigenvalue weighted by Gasteiger charge is 2.25. The van der Waals surface area contributed by atoms with E-state index < -0.39 is 10.0 Å². The van der Waals surface area contributed by atoms with E-state index in [0.717, 1.165) is 52.3 Å². The summed E-state index contributed by atoms with van der Waals surface area (Å²) in [5, 5.41) is 2.80. The summed E-state index contributed by atoms with van der Waals surface area (Å²) in [6.07, 6.45) is 3.02. The van der Waals surface area contributed by atoms with Gasteiger partial charge in [-0.2, -0.15) is 0 Å². The summed E-state index contributed by atoms with van der Waals surface area (Å²) < 4.78 is 35.2. The molecule has 1 aliphatic carbocycles. The molecule has 1 aliphatic rings. The van der Waals surface area contributed by atoms with Crippen molar-refractivity contribution in [2.45, 2.75) is 38.0 Å². The van der Waals surface area contributed by atoms with Crippen LogP contribution in [0.4, 0.5) is 5.69 Å². The van der Waals surface area contributed by atoms with Gasteiger partial charge in [0.15, 0.2) is 0 Å². The third-order valence-electron chi connectivity index (χ3n) is 5.87. The second kappa shape index (κ2) is 6.63. The number of sulfonamides is 1. The van der Waals surface area contributed by atoms with Crippen molar-refractivity contribution < 1.29 is 12.8 Å². The maximum absolute atomic E-state index is 13.0. The van der Waals surface area contributed by atoms with Gasteiger partial charge in [0.05, 0.1) is 10.6 Å². The van der Waals surface area contributed by atoms with Gasteiger partial charge in [-0.05, 0) is 43.9 Å². The molecule has 0 radical (unpaired) electrons. The standard InChI is InChI=1S/C24H23NO3S/c1-15-7-10-17(11-8-15)29(26,27)25-22-14-21-20-13-16(2)9-12-23(20)28-24(21)19-6-4-3-5-18(19)22/h3-8,10-11,14,16,25H,9,12-13H2,1-2H3/t16-/m1/s1. The van der Waals surface area contributed by atoms with Crippen molar-refractivity contribution in [3.63, 3.8) is 0 Å². The second-order valence-corrected chi connectivity index (χ2v) is 9.80. The molecule has 0 saturated carbocycles. The van der Waals surface area contributed by atoms with Gasteiger partial charge in [-0.15, -0.1) is 0 Å². The number of benzene rings is 3. The maximum Gasteiger partial charge on any atom is 0.261 e. The summed E-state index contributed by atoms with van der Waals surface area (Å²) in [7, 11) is -3.69. The topological polar surface area (TPSA) is 59.3 Å². The lowest BCUT2D eigenvalue weighted by Gasteiger charge is -2.17. The Hall–Kier alpha value is -2.79. The van der Waals surface area contributed by atoms with Crippen LogP contribution in [0.15, 0.2) is 63.9 Å². The highest BCUT2D eigenvalue weighted by atomic mass is 32.2. The molecule has 0 fully saturated rings. The van der Waals surface area contributed by atoms with Gasteiger partial charge >= 0.3 is 0 Å². The summed E-state index contributed by atoms with van der Waals surface area (Å²) in [6, 6.07) is 16.7. The zero-order valence-electron chi connectivity index (χ0n) is 16.5. The summed E-state index contributed by atoms with van der Waals surface area (Å²) in [5.41, 5.74) is 3.70. The average molecular weight is 406 g/mol. The van der Waals surface area contributed by atoms with Crippen molar-refractivity contribution in [1.29, 1.82) is 0 Å². The lowest BCUT2D eigenvalue weighted by molar-refractivity contribution is 0.439. The molecule has 0 spiro atoms. The van der Waals surface area contributed by atoms with Gasteiger partial charge in [-0.3, -0.25) is 4.72 Å². The van der Waals surface area contributed by atoms with Crippen LogP contribution >= 0.6 is 0 Å². The summed E-state index contributed by atoms with van der Waals surface area (Å²) >= 11 is 0. The van der Waals surface area contributed by atoms with Crippen LogP contribution in [0.1, 0.15) is 30.2 Å². The average Bonchev–Trinajstić information content (AvgIpc) is 3.06. The molecule has 0 aliphatic heterocycles. The zero-order chi connectivity index (χ0) is 20.2. The van der Waals surface area contributed by atoms with E-state index in [0.29, 0.717) is 11.6 Å². The lowest BCUT2D eigenvalue weighted by atomic mass is 9.87. The van der Waals surface area contributed by atoms with Gasteiger partial charge in [0.2, 0.25) is 0 Å². The van der Waals surface area contributed by atoms with Crippen LogP contribution in [0.3, 0.4) is 0 Å². The van der Waals surface area contributed by atoms with Crippen LogP contribution < -0.4 is 4.72 Å². The molecule has 0 saturated heterocycles. The number of anilines is 1. The predicted octanol–water partition coefficient (Wildman–Crippen LogP) is 5.82. The Morgan fingerprint density at radius 2 is 1.72 bits per heavy atom. The first-order valence-electron chi connectivity index (χ1n) is 9.98. The van der Waals surface area contributed by atoms with Crippen LogP contribution in [-0.2, 0) is 22.9 Å². The fourth-order valence-corrected chi connectivity index (χ4v) is 5.35. The Labute approximate surface area is 170 Å². The molecule has 148 valence electrons. The second-order valence-electron chi connectivity index (χ2n) is 8.12. The van der Waals surface area contributed by atoms with E-state index >= 15 is 0 Å². The first-order chi connectivity index (χ1) is 13.9. The van der Waals surface area contributed by atoms with Crippen LogP contribution in [0, 0.1) is 12.8 Å². The minimum Gasteiger partial charge on any atom is -0.460 e. The van der Waals surface area contributed by atoms with Crippen LogP contribution in [0.5, 0.6) is 0 Å². The number of hydrogen-bond acceptors (Lipinski definition) is 3. The first-order valence-corrected chi connectivity index (χ1v) is 11.5. The van der Waals surface area contributed by atoms with Crippen molar-refractivity contribution in [1.82, 2.24) is 0 Å². The van der Waals surface area contributed by atoms with Gasteiger partial charge in [-0.1, -0.05) is 48.9 Å². The van der Waals surface area contributed by atoms with Gasteiger partial charge in [0.1, 0.15) is 11.3 Å². The normalized spacial score (nSPS) is 16.8. The summed E-state index contributed by atoms with van der Waals surface area (Å²) in [5.74, 6) is 1.64. The number of nitrogens with one attached hydrogen (secondary N) is 1. The molecule has 29 heavy (non-hydrogen) atoms. The van der Waals surface area contributed by atoms with Gasteiger partial charge in [-0.25, -0.2) is 8.42 Å². The first kappa shape index (κ1) is 18.3. The molecule has 1 atom stereocenters. The smallest absolute Gasteiger partial charge is 0.261 e. The number of rotatable bonds is 3. The molecule has 0 amide bonds. The number of hydrogen-bond donors (Lipinski definition) is 1. The van der Waals surface area contributed by atoms with Crippen molar-refractivity contribution >= 4 is 37.5 Å². The fraction of sp³-hybridized carbons (Fsp3) is 0.250. The van der Waals surface area contributed by atoms with Gasteiger partial charge in [0.25, 0.3) is 10.0 Å². The molecule has 0 bridgehead atoms. The van der Waals surface area contributed by atoms with Gasteiger partial charge in [0, 0.05) is 28.1 Å². The Balaban J connectivity index is 1.70. The molecule has 1 aromatic heterocycles. The third kappa shape index (κ3) is 3.10. The molecule has 5 heteroatoms. The SMILES string of the molecule is Cc1ccc(S(=O)(=O)Nc2cc3c4c(oc3c3ccccc23)CC[C@@H](C)C4)cc1. The van der Waals surface area contributed by atoms with E-state index in [1.807, 2.05) is 49.4 Å². The zero-order valence-corrected chi connectivity index (χ0v) is 17.3. The molecule has 4 nitrogen and oxygen atoms in total. The van der Waals surface area contributed by atoms with E-state index in [1.165, 1.54) is 5.56 Å². The van der Waals surface area contributed by atoms with Crippen molar-refractivity contribution in [2.75, 3.05) is 4.72 Å². The van der Waals surface area contributed by atoms with Crippen molar-refractivity contribution in [3.8, 4) is 0 Å².